The molecule has 0 unspecified atom stereocenters. The monoisotopic (exact) mass is 395 g/mol. The Labute approximate surface area is 169 Å². The minimum Gasteiger partial charge on any atom is -0.508 e. The number of aliphatic hydroxyl groups is 1. The van der Waals surface area contributed by atoms with Crippen LogP contribution >= 0.6 is 0 Å². The Morgan fingerprint density at radius 2 is 1.97 bits per heavy atom. The summed E-state index contributed by atoms with van der Waals surface area (Å²) in [6.45, 7) is 4.22. The van der Waals surface area contributed by atoms with Crippen LogP contribution in [0.15, 0.2) is 46.9 Å². The number of furan rings is 1. The lowest BCUT2D eigenvalue weighted by Gasteiger charge is -2.35. The number of aliphatic hydroxyl groups excluding tert-OH is 1. The van der Waals surface area contributed by atoms with Crippen molar-refractivity contribution in [2.75, 3.05) is 26.2 Å². The number of ether oxygens (including phenoxy) is 1. The number of likely N-dealkylation sites (tertiary alicyclic amines) is 1. The summed E-state index contributed by atoms with van der Waals surface area (Å²) in [5.41, 5.74) is 2.39. The van der Waals surface area contributed by atoms with Crippen molar-refractivity contribution < 1.29 is 24.2 Å². The van der Waals surface area contributed by atoms with Crippen LogP contribution in [0.4, 0.5) is 0 Å². The number of carbonyl (C=O) groups excluding carboxylic acids is 1. The molecule has 0 spiro atoms. The van der Waals surface area contributed by atoms with Gasteiger partial charge in [0.25, 0.3) is 0 Å². The third kappa shape index (κ3) is 3.86. The van der Waals surface area contributed by atoms with E-state index in [1.807, 2.05) is 30.3 Å². The second kappa shape index (κ2) is 8.27. The minimum absolute atomic E-state index is 0.145. The van der Waals surface area contributed by atoms with Gasteiger partial charge in [-0.2, -0.15) is 0 Å². The Bertz CT molecular complexity index is 1010. The van der Waals surface area contributed by atoms with E-state index < -0.39 is 5.97 Å². The molecule has 1 aromatic heterocycles. The van der Waals surface area contributed by atoms with Crippen molar-refractivity contribution in [3.05, 3.63) is 53.6 Å². The van der Waals surface area contributed by atoms with Gasteiger partial charge in [0.15, 0.2) is 0 Å². The van der Waals surface area contributed by atoms with Gasteiger partial charge in [-0.05, 0) is 38.4 Å². The van der Waals surface area contributed by atoms with Crippen molar-refractivity contribution >= 4 is 16.9 Å². The van der Waals surface area contributed by atoms with Gasteiger partial charge in [0.1, 0.15) is 22.7 Å². The number of β-amino-alcohol motifs (C(OH)–C–C–N with tert-alkyl or cyclic N) is 1. The van der Waals surface area contributed by atoms with Gasteiger partial charge < -0.3 is 19.4 Å². The molecule has 1 aliphatic heterocycles. The first-order valence-corrected chi connectivity index (χ1v) is 9.98. The maximum atomic E-state index is 12.9. The van der Waals surface area contributed by atoms with Crippen molar-refractivity contribution in [2.24, 2.45) is 0 Å². The Kier molecular flexibility index (Phi) is 5.56. The van der Waals surface area contributed by atoms with E-state index in [1.165, 1.54) is 0 Å². The molecule has 0 aliphatic carbocycles. The van der Waals surface area contributed by atoms with E-state index in [0.29, 0.717) is 47.4 Å². The van der Waals surface area contributed by atoms with Crippen LogP contribution in [0, 0.1) is 0 Å². The number of hydrogen-bond donors (Lipinski definition) is 2. The third-order valence-electron chi connectivity index (χ3n) is 5.29. The van der Waals surface area contributed by atoms with Crippen LogP contribution in [0.3, 0.4) is 0 Å². The number of nitrogens with zero attached hydrogens (tertiary/aromatic N) is 1. The van der Waals surface area contributed by atoms with E-state index in [-0.39, 0.29) is 18.5 Å². The first-order valence-electron chi connectivity index (χ1n) is 9.98. The number of phenols is 1. The lowest BCUT2D eigenvalue weighted by atomic mass is 9.97. The largest absolute Gasteiger partial charge is 0.508 e. The molecule has 1 saturated heterocycles. The number of rotatable bonds is 7. The summed E-state index contributed by atoms with van der Waals surface area (Å²) >= 11 is 0. The second-order valence-electron chi connectivity index (χ2n) is 7.35. The van der Waals surface area contributed by atoms with E-state index in [0.717, 1.165) is 18.5 Å². The zero-order valence-electron chi connectivity index (χ0n) is 16.4. The van der Waals surface area contributed by atoms with Crippen molar-refractivity contribution in [3.8, 4) is 17.1 Å². The second-order valence-corrected chi connectivity index (χ2v) is 7.35. The third-order valence-corrected chi connectivity index (χ3v) is 5.29. The SMILES string of the molecule is CCOC(=O)c1c(-c2ccccc2)oc2ccc(O)c(CCCN3CC(O)C3)c12. The van der Waals surface area contributed by atoms with Gasteiger partial charge in [-0.3, -0.25) is 4.90 Å². The van der Waals surface area contributed by atoms with Gasteiger partial charge in [-0.25, -0.2) is 4.79 Å². The van der Waals surface area contributed by atoms with Crippen molar-refractivity contribution in [3.63, 3.8) is 0 Å². The first-order chi connectivity index (χ1) is 14.1. The van der Waals surface area contributed by atoms with Crippen LogP contribution in [0.25, 0.3) is 22.3 Å². The summed E-state index contributed by atoms with van der Waals surface area (Å²) in [4.78, 5) is 15.0. The lowest BCUT2D eigenvalue weighted by Crippen LogP contribution is -2.50. The Balaban J connectivity index is 1.75. The van der Waals surface area contributed by atoms with E-state index >= 15 is 0 Å². The van der Waals surface area contributed by atoms with E-state index in [1.54, 1.807) is 19.1 Å². The van der Waals surface area contributed by atoms with Crippen LogP contribution in [-0.4, -0.2) is 53.4 Å². The quantitative estimate of drug-likeness (QED) is 0.595. The maximum absolute atomic E-state index is 12.9. The molecule has 152 valence electrons. The van der Waals surface area contributed by atoms with Gasteiger partial charge in [-0.1, -0.05) is 30.3 Å². The number of hydrogen-bond acceptors (Lipinski definition) is 6. The molecule has 4 rings (SSSR count). The summed E-state index contributed by atoms with van der Waals surface area (Å²) < 4.78 is 11.4. The first kappa shape index (κ1) is 19.5. The highest BCUT2D eigenvalue weighted by atomic mass is 16.5. The molecule has 6 heteroatoms. The normalized spacial score (nSPS) is 14.8. The molecule has 29 heavy (non-hydrogen) atoms. The predicted molar refractivity (Wildman–Crippen MR) is 110 cm³/mol. The zero-order chi connectivity index (χ0) is 20.4. The fourth-order valence-electron chi connectivity index (χ4n) is 3.90. The fourth-order valence-corrected chi connectivity index (χ4v) is 3.90. The summed E-state index contributed by atoms with van der Waals surface area (Å²) in [5, 5.41) is 20.6. The average molecular weight is 395 g/mol. The number of phenolic OH excluding ortho intramolecular Hbond substituents is 1. The van der Waals surface area contributed by atoms with Gasteiger partial charge in [0.2, 0.25) is 0 Å². The average Bonchev–Trinajstić information content (AvgIpc) is 3.09. The molecule has 0 bridgehead atoms. The number of esters is 1. The molecule has 3 aromatic rings. The summed E-state index contributed by atoms with van der Waals surface area (Å²) in [6.07, 6.45) is 1.16. The van der Waals surface area contributed by atoms with Crippen LogP contribution in [0.2, 0.25) is 0 Å². The minimum atomic E-state index is -0.456. The molecule has 6 nitrogen and oxygen atoms in total. The summed E-state index contributed by atoms with van der Waals surface area (Å²) in [7, 11) is 0. The molecular formula is C23H25NO5. The smallest absolute Gasteiger partial charge is 0.342 e. The molecule has 2 N–H and O–H groups in total. The molecule has 0 amide bonds. The molecule has 0 atom stereocenters. The molecule has 1 aliphatic rings. The van der Waals surface area contributed by atoms with Gasteiger partial charge in [0, 0.05) is 29.6 Å². The van der Waals surface area contributed by atoms with Crippen LogP contribution in [0.5, 0.6) is 5.75 Å². The molecule has 0 saturated carbocycles. The number of benzene rings is 2. The van der Waals surface area contributed by atoms with E-state index in [4.69, 9.17) is 9.15 Å². The van der Waals surface area contributed by atoms with Crippen molar-refractivity contribution in [1.29, 1.82) is 0 Å². The number of aromatic hydroxyl groups is 1. The van der Waals surface area contributed by atoms with Gasteiger partial charge in [0.05, 0.1) is 12.7 Å². The number of fused-ring (bicyclic) bond motifs is 1. The van der Waals surface area contributed by atoms with Crippen LogP contribution < -0.4 is 0 Å². The summed E-state index contributed by atoms with van der Waals surface area (Å²) in [6, 6.07) is 12.7. The van der Waals surface area contributed by atoms with Crippen LogP contribution in [0.1, 0.15) is 29.3 Å². The molecule has 2 heterocycles. The molecular weight excluding hydrogens is 370 g/mol. The lowest BCUT2D eigenvalue weighted by molar-refractivity contribution is 0.00186. The Hall–Kier alpha value is -2.83. The topological polar surface area (TPSA) is 83.1 Å². The fraction of sp³-hybridized carbons (Fsp3) is 0.348. The number of aryl methyl sites for hydroxylation is 1. The predicted octanol–water partition coefficient (Wildman–Crippen LogP) is 3.59. The Morgan fingerprint density at radius 1 is 1.21 bits per heavy atom. The van der Waals surface area contributed by atoms with Crippen LogP contribution in [-0.2, 0) is 11.2 Å². The highest BCUT2D eigenvalue weighted by Gasteiger charge is 2.27. The van der Waals surface area contributed by atoms with E-state index in [2.05, 4.69) is 4.90 Å². The zero-order valence-corrected chi connectivity index (χ0v) is 16.4. The molecule has 0 radical (unpaired) electrons. The highest BCUT2D eigenvalue weighted by Crippen LogP contribution is 2.39. The summed E-state index contributed by atoms with van der Waals surface area (Å²) in [5.74, 6) is 0.145. The van der Waals surface area contributed by atoms with Crippen molar-refractivity contribution in [1.82, 2.24) is 4.90 Å². The number of carbonyl (C=O) groups is 1. The Morgan fingerprint density at radius 3 is 2.66 bits per heavy atom. The van der Waals surface area contributed by atoms with Gasteiger partial charge in [-0.15, -0.1) is 0 Å². The molecule has 1 fully saturated rings. The van der Waals surface area contributed by atoms with Crippen molar-refractivity contribution in [2.45, 2.75) is 25.9 Å². The highest BCUT2D eigenvalue weighted by molar-refractivity contribution is 6.10. The van der Waals surface area contributed by atoms with Gasteiger partial charge >= 0.3 is 5.97 Å². The standard InChI is InChI=1S/C23H25NO5/c1-2-28-23(27)21-20-17(9-6-12-24-13-16(25)14-24)18(26)10-11-19(20)29-22(21)15-7-4-3-5-8-15/h3-5,7-8,10-11,16,25-26H,2,6,9,12-14H2,1H3. The van der Waals surface area contributed by atoms with E-state index in [9.17, 15) is 15.0 Å². The molecule has 2 aromatic carbocycles. The maximum Gasteiger partial charge on any atom is 0.342 e.